The minimum absolute atomic E-state index is 0.176. The third-order valence-corrected chi connectivity index (χ3v) is 5.32. The van der Waals surface area contributed by atoms with Crippen molar-refractivity contribution < 1.29 is 0 Å². The van der Waals surface area contributed by atoms with Gasteiger partial charge in [-0.15, -0.1) is 22.7 Å². The molecule has 0 aromatic carbocycles. The van der Waals surface area contributed by atoms with Crippen molar-refractivity contribution in [1.82, 2.24) is 10.3 Å². The van der Waals surface area contributed by atoms with Gasteiger partial charge in [-0.25, -0.2) is 4.98 Å². The van der Waals surface area contributed by atoms with E-state index in [2.05, 4.69) is 24.1 Å². The summed E-state index contributed by atoms with van der Waals surface area (Å²) in [5.74, 6) is 0. The lowest BCUT2D eigenvalue weighted by molar-refractivity contribution is 0.575. The summed E-state index contributed by atoms with van der Waals surface area (Å²) in [4.78, 5) is 5.70. The summed E-state index contributed by atoms with van der Waals surface area (Å²) in [7, 11) is 0. The number of nitrogens with zero attached hydrogens (tertiary/aromatic N) is 1. The largest absolute Gasteiger partial charge is 0.304 e. The highest BCUT2D eigenvalue weighted by Crippen LogP contribution is 2.34. The number of thiazole rings is 1. The summed E-state index contributed by atoms with van der Waals surface area (Å²) in [6.07, 6.45) is 2.99. The van der Waals surface area contributed by atoms with Gasteiger partial charge in [0.25, 0.3) is 0 Å². The minimum atomic E-state index is 0.176. The average Bonchev–Trinajstić information content (AvgIpc) is 2.92. The molecule has 0 bridgehead atoms. The van der Waals surface area contributed by atoms with E-state index >= 15 is 0 Å². The zero-order chi connectivity index (χ0) is 13.1. The second-order valence-electron chi connectivity index (χ2n) is 3.96. The Labute approximate surface area is 125 Å². The highest BCUT2D eigenvalue weighted by molar-refractivity contribution is 7.20. The average molecular weight is 321 g/mol. The predicted molar refractivity (Wildman–Crippen MR) is 81.1 cm³/mol. The molecule has 2 nitrogen and oxygen atoms in total. The van der Waals surface area contributed by atoms with Crippen LogP contribution in [0.15, 0.2) is 12.3 Å². The van der Waals surface area contributed by atoms with Gasteiger partial charge in [0.15, 0.2) is 0 Å². The van der Waals surface area contributed by atoms with Crippen molar-refractivity contribution in [1.29, 1.82) is 0 Å². The zero-order valence-electron chi connectivity index (χ0n) is 10.2. The van der Waals surface area contributed by atoms with Gasteiger partial charge in [-0.2, -0.15) is 0 Å². The molecule has 0 aliphatic carbocycles. The molecule has 0 amide bonds. The Kier molecular flexibility index (Phi) is 5.04. The van der Waals surface area contributed by atoms with Crippen LogP contribution in [0.1, 0.15) is 35.3 Å². The number of rotatable bonds is 5. The lowest BCUT2D eigenvalue weighted by atomic mass is 10.2. The first-order valence-electron chi connectivity index (χ1n) is 5.71. The van der Waals surface area contributed by atoms with E-state index in [1.165, 1.54) is 16.2 Å². The van der Waals surface area contributed by atoms with Crippen molar-refractivity contribution in [2.45, 2.75) is 32.9 Å². The zero-order valence-corrected chi connectivity index (χ0v) is 13.3. The normalized spacial score (nSPS) is 12.9. The molecule has 2 heterocycles. The van der Waals surface area contributed by atoms with E-state index in [-0.39, 0.29) is 6.04 Å². The van der Waals surface area contributed by atoms with Gasteiger partial charge < -0.3 is 5.32 Å². The molecular weight excluding hydrogens is 307 g/mol. The van der Waals surface area contributed by atoms with Crippen LogP contribution in [0.4, 0.5) is 0 Å². The van der Waals surface area contributed by atoms with Crippen LogP contribution in [-0.4, -0.2) is 4.98 Å². The van der Waals surface area contributed by atoms with Gasteiger partial charge in [0.1, 0.15) is 5.01 Å². The van der Waals surface area contributed by atoms with Gasteiger partial charge in [-0.3, -0.25) is 0 Å². The van der Waals surface area contributed by atoms with Crippen LogP contribution in [0, 0.1) is 0 Å². The van der Waals surface area contributed by atoms with Crippen molar-refractivity contribution in [3.8, 4) is 0 Å². The number of thiophene rings is 1. The first-order chi connectivity index (χ1) is 8.60. The molecule has 0 saturated carbocycles. The fraction of sp³-hybridized carbons (Fsp3) is 0.417. The molecule has 98 valence electrons. The lowest BCUT2D eigenvalue weighted by Crippen LogP contribution is -2.17. The third kappa shape index (κ3) is 3.45. The molecule has 0 aliphatic rings. The molecule has 1 N–H and O–H groups in total. The van der Waals surface area contributed by atoms with Crippen molar-refractivity contribution >= 4 is 45.9 Å². The van der Waals surface area contributed by atoms with Crippen molar-refractivity contribution in [3.05, 3.63) is 36.4 Å². The predicted octanol–water partition coefficient (Wildman–Crippen LogP) is 4.92. The first kappa shape index (κ1) is 14.3. The van der Waals surface area contributed by atoms with Crippen LogP contribution in [0.25, 0.3) is 0 Å². The third-order valence-electron chi connectivity index (χ3n) is 2.66. The molecule has 0 fully saturated rings. The molecule has 0 radical (unpaired) electrons. The molecule has 2 aromatic heterocycles. The maximum atomic E-state index is 6.13. The Bertz CT molecular complexity index is 522. The number of nitrogens with one attached hydrogen (secondary N) is 1. The summed E-state index contributed by atoms with van der Waals surface area (Å²) >= 11 is 15.2. The molecule has 2 rings (SSSR count). The maximum absolute atomic E-state index is 6.13. The van der Waals surface area contributed by atoms with E-state index in [0.29, 0.717) is 0 Å². The Morgan fingerprint density at radius 1 is 1.39 bits per heavy atom. The van der Waals surface area contributed by atoms with E-state index in [4.69, 9.17) is 23.2 Å². The maximum Gasteiger partial charge on any atom is 0.107 e. The van der Waals surface area contributed by atoms with Gasteiger partial charge in [0, 0.05) is 23.7 Å². The first-order valence-corrected chi connectivity index (χ1v) is 8.10. The monoisotopic (exact) mass is 320 g/mol. The summed E-state index contributed by atoms with van der Waals surface area (Å²) in [6, 6.07) is 2.10. The molecule has 6 heteroatoms. The molecule has 18 heavy (non-hydrogen) atoms. The summed E-state index contributed by atoms with van der Waals surface area (Å²) in [6.45, 7) is 4.98. The Balaban J connectivity index is 1.95. The molecule has 0 aliphatic heterocycles. The smallest absolute Gasteiger partial charge is 0.107 e. The molecule has 2 aromatic rings. The van der Waals surface area contributed by atoms with Gasteiger partial charge >= 0.3 is 0 Å². The topological polar surface area (TPSA) is 24.9 Å². The second-order valence-corrected chi connectivity index (χ2v) is 7.44. The summed E-state index contributed by atoms with van der Waals surface area (Å²) in [5.41, 5.74) is 1.05. The van der Waals surface area contributed by atoms with E-state index in [1.54, 1.807) is 11.3 Å². The van der Waals surface area contributed by atoms with Crippen molar-refractivity contribution in [2.75, 3.05) is 0 Å². The SMILES string of the molecule is CCc1cnc(CNC(C)c2cc(Cl)sc2Cl)s1. The number of aryl methyl sites for hydroxylation is 1. The summed E-state index contributed by atoms with van der Waals surface area (Å²) in [5, 5.41) is 4.53. The Hall–Kier alpha value is -0.130. The highest BCUT2D eigenvalue weighted by atomic mass is 35.5. The second kappa shape index (κ2) is 6.35. The van der Waals surface area contributed by atoms with Crippen LogP contribution < -0.4 is 5.32 Å². The minimum Gasteiger partial charge on any atom is -0.304 e. The Morgan fingerprint density at radius 2 is 2.17 bits per heavy atom. The van der Waals surface area contributed by atoms with E-state index in [0.717, 1.165) is 32.2 Å². The fourth-order valence-electron chi connectivity index (χ4n) is 1.59. The molecule has 1 atom stereocenters. The van der Waals surface area contributed by atoms with Gasteiger partial charge in [0.05, 0.1) is 8.67 Å². The Morgan fingerprint density at radius 3 is 2.72 bits per heavy atom. The van der Waals surface area contributed by atoms with Crippen LogP contribution in [0.3, 0.4) is 0 Å². The van der Waals surface area contributed by atoms with E-state index in [9.17, 15) is 0 Å². The number of aromatic nitrogens is 1. The quantitative estimate of drug-likeness (QED) is 0.845. The highest BCUT2D eigenvalue weighted by Gasteiger charge is 2.13. The van der Waals surface area contributed by atoms with Crippen LogP contribution in [-0.2, 0) is 13.0 Å². The van der Waals surface area contributed by atoms with E-state index < -0.39 is 0 Å². The van der Waals surface area contributed by atoms with Gasteiger partial charge in [-0.1, -0.05) is 30.1 Å². The molecule has 0 saturated heterocycles. The van der Waals surface area contributed by atoms with Crippen LogP contribution >= 0.6 is 45.9 Å². The molecule has 1 unspecified atom stereocenters. The van der Waals surface area contributed by atoms with E-state index in [1.807, 2.05) is 12.3 Å². The fourth-order valence-corrected chi connectivity index (χ4v) is 4.05. The number of hydrogen-bond acceptors (Lipinski definition) is 4. The van der Waals surface area contributed by atoms with Crippen molar-refractivity contribution in [2.24, 2.45) is 0 Å². The number of hydrogen-bond donors (Lipinski definition) is 1. The van der Waals surface area contributed by atoms with Crippen LogP contribution in [0.5, 0.6) is 0 Å². The molecule has 0 spiro atoms. The van der Waals surface area contributed by atoms with Crippen LogP contribution in [0.2, 0.25) is 8.67 Å². The van der Waals surface area contributed by atoms with Gasteiger partial charge in [-0.05, 0) is 25.0 Å². The lowest BCUT2D eigenvalue weighted by Gasteiger charge is -2.11. The summed E-state index contributed by atoms with van der Waals surface area (Å²) < 4.78 is 1.49. The number of halogens is 2. The standard InChI is InChI=1S/C12H14Cl2N2S2/c1-3-8-5-16-11(17-8)6-15-7(2)9-4-10(13)18-12(9)14/h4-5,7,15H,3,6H2,1-2H3. The molecular formula is C12H14Cl2N2S2. The van der Waals surface area contributed by atoms with Gasteiger partial charge in [0.2, 0.25) is 0 Å². The van der Waals surface area contributed by atoms with Crippen molar-refractivity contribution in [3.63, 3.8) is 0 Å².